The van der Waals surface area contributed by atoms with Gasteiger partial charge in [-0.25, -0.2) is 16.8 Å². The summed E-state index contributed by atoms with van der Waals surface area (Å²) in [5.74, 6) is 0.294. The van der Waals surface area contributed by atoms with Crippen molar-refractivity contribution in [2.45, 2.75) is 28.7 Å². The first-order valence-electron chi connectivity index (χ1n) is 17.2. The maximum absolute atomic E-state index is 12.8. The van der Waals surface area contributed by atoms with Gasteiger partial charge in [0.1, 0.15) is 35.5 Å². The largest absolute Gasteiger partial charge is 0.495 e. The Morgan fingerprint density at radius 1 is 0.597 bits per heavy atom. The predicted octanol–water partition coefficient (Wildman–Crippen LogP) is 9.45. The van der Waals surface area contributed by atoms with Crippen LogP contribution in [0.25, 0.3) is 33.2 Å². The van der Waals surface area contributed by atoms with Gasteiger partial charge in [-0.2, -0.15) is 9.90 Å². The van der Waals surface area contributed by atoms with Gasteiger partial charge >= 0.3 is 0 Å². The zero-order valence-electron chi connectivity index (χ0n) is 31.7. The lowest BCUT2D eigenvalue weighted by Crippen LogP contribution is -2.18. The van der Waals surface area contributed by atoms with E-state index in [4.69, 9.17) is 41.7 Å². The van der Waals surface area contributed by atoms with Crippen LogP contribution in [0.4, 0.5) is 0 Å². The predicted molar refractivity (Wildman–Crippen MR) is 250 cm³/mol. The van der Waals surface area contributed by atoms with Gasteiger partial charge < -0.3 is 18.5 Å². The normalized spacial score (nSPS) is 11.3. The summed E-state index contributed by atoms with van der Waals surface area (Å²) in [5, 5.41) is 9.26. The van der Waals surface area contributed by atoms with Crippen molar-refractivity contribution in [1.82, 2.24) is 19.4 Å². The molecule has 0 amide bonds. The van der Waals surface area contributed by atoms with Crippen LogP contribution in [0.2, 0.25) is 10.0 Å². The number of methoxy groups -OCH3 is 2. The number of hydrogen-bond donors (Lipinski definition) is 0. The molecule has 1 atom stereocenters. The van der Waals surface area contributed by atoms with E-state index in [0.29, 0.717) is 75.1 Å². The number of rotatable bonds is 10. The van der Waals surface area contributed by atoms with Crippen LogP contribution in [0.3, 0.4) is 0 Å². The summed E-state index contributed by atoms with van der Waals surface area (Å²) < 4.78 is 75.4. The van der Waals surface area contributed by atoms with Gasteiger partial charge in [-0.15, -0.1) is 0 Å². The van der Waals surface area contributed by atoms with Crippen molar-refractivity contribution in [2.75, 3.05) is 14.2 Å². The average Bonchev–Trinajstić information content (AvgIpc) is 3.94. The van der Waals surface area contributed by atoms with Gasteiger partial charge in [0, 0.05) is 44.0 Å². The van der Waals surface area contributed by atoms with Gasteiger partial charge in [0.25, 0.3) is 11.1 Å². The third kappa shape index (κ3) is 10.0. The average molecular weight is 1070 g/mol. The number of sulfone groups is 2. The summed E-state index contributed by atoms with van der Waals surface area (Å²) in [6.07, 6.45) is 2.64. The van der Waals surface area contributed by atoms with Crippen molar-refractivity contribution in [3.63, 3.8) is 0 Å². The van der Waals surface area contributed by atoms with Crippen molar-refractivity contribution < 1.29 is 35.4 Å². The van der Waals surface area contributed by atoms with Crippen molar-refractivity contribution in [3.05, 3.63) is 161 Å². The molecule has 0 fully saturated rings. The lowest BCUT2D eigenvalue weighted by Gasteiger charge is -2.15. The summed E-state index contributed by atoms with van der Waals surface area (Å²) >= 11 is 19.2. The first-order chi connectivity index (χ1) is 28.6. The standard InChI is InChI=1S/2C20H14BrClN2O5S.CH4.H3P/c2*1-28-19-9-15(21)16(22)10-18(19)24-17-4-3-14(8-12(17)2-5-20(24)25)30(26,27)11-13-6-7-29-23-13;;/h2*2-10H,11H2,1H3;1H4;1H3. The van der Waals surface area contributed by atoms with E-state index in [-0.39, 0.29) is 49.7 Å². The second kappa shape index (κ2) is 19.7. The van der Waals surface area contributed by atoms with Crippen molar-refractivity contribution in [3.8, 4) is 22.9 Å². The molecule has 14 nitrogen and oxygen atoms in total. The number of hydrogen-bond acceptors (Lipinski definition) is 12. The number of nitrogens with zero attached hydrogens (tertiary/aromatic N) is 4. The van der Waals surface area contributed by atoms with E-state index < -0.39 is 19.7 Å². The van der Waals surface area contributed by atoms with Crippen molar-refractivity contribution >= 4 is 106 Å². The molecule has 8 aromatic rings. The molecule has 4 aromatic carbocycles. The molecule has 0 aliphatic carbocycles. The lowest BCUT2D eigenvalue weighted by atomic mass is 10.2. The van der Waals surface area contributed by atoms with E-state index in [1.165, 1.54) is 84.4 Å². The minimum absolute atomic E-state index is 0. The molecule has 0 aliphatic heterocycles. The summed E-state index contributed by atoms with van der Waals surface area (Å²) in [7, 11) is -4.32. The Hall–Kier alpha value is -4.81. The molecule has 0 bridgehead atoms. The highest BCUT2D eigenvalue weighted by Crippen LogP contribution is 2.36. The third-order valence-electron chi connectivity index (χ3n) is 9.03. The second-order valence-electron chi connectivity index (χ2n) is 12.8. The first-order valence-corrected chi connectivity index (χ1v) is 22.9. The molecule has 21 heteroatoms. The van der Waals surface area contributed by atoms with Gasteiger partial charge in [-0.05, 0) is 105 Å². The first kappa shape index (κ1) is 48.2. The highest BCUT2D eigenvalue weighted by Gasteiger charge is 2.22. The molecule has 8 rings (SSSR count). The Bertz CT molecular complexity index is 3060. The Kier molecular flexibility index (Phi) is 15.3. The van der Waals surface area contributed by atoms with Crippen LogP contribution in [0.1, 0.15) is 18.8 Å². The summed E-state index contributed by atoms with van der Waals surface area (Å²) in [6, 6.07) is 24.6. The molecule has 62 heavy (non-hydrogen) atoms. The summed E-state index contributed by atoms with van der Waals surface area (Å²) in [5.41, 5.74) is 1.93. The minimum Gasteiger partial charge on any atom is -0.495 e. The van der Waals surface area contributed by atoms with Gasteiger partial charge in [-0.1, -0.05) is 40.9 Å². The quantitative estimate of drug-likeness (QED) is 0.119. The van der Waals surface area contributed by atoms with E-state index in [1.54, 1.807) is 48.5 Å². The molecule has 0 aliphatic rings. The number of halogens is 4. The smallest absolute Gasteiger partial charge is 0.255 e. The molecule has 4 aromatic heterocycles. The van der Waals surface area contributed by atoms with Crippen molar-refractivity contribution in [1.29, 1.82) is 0 Å². The van der Waals surface area contributed by atoms with Crippen molar-refractivity contribution in [2.24, 2.45) is 0 Å². The molecule has 0 N–H and O–H groups in total. The summed E-state index contributed by atoms with van der Waals surface area (Å²) in [6.45, 7) is 0. The van der Waals surface area contributed by atoms with Crippen LogP contribution in [0, 0.1) is 0 Å². The zero-order chi connectivity index (χ0) is 42.9. The van der Waals surface area contributed by atoms with Crippen LogP contribution in [0.5, 0.6) is 11.5 Å². The maximum atomic E-state index is 12.8. The monoisotopic (exact) mass is 1070 g/mol. The molecule has 324 valence electrons. The molecular weight excluding hydrogens is 1030 g/mol. The fourth-order valence-electron chi connectivity index (χ4n) is 6.22. The van der Waals surface area contributed by atoms with Gasteiger partial charge in [0.05, 0.1) is 67.9 Å². The Balaban J connectivity index is 0.000000227. The van der Waals surface area contributed by atoms with Crippen LogP contribution in [-0.2, 0) is 31.2 Å². The second-order valence-corrected chi connectivity index (χ2v) is 19.3. The Morgan fingerprint density at radius 2 is 0.984 bits per heavy atom. The van der Waals surface area contributed by atoms with Crippen LogP contribution in [-0.4, -0.2) is 50.5 Å². The lowest BCUT2D eigenvalue weighted by molar-refractivity contribution is 0.412. The van der Waals surface area contributed by atoms with Crippen LogP contribution < -0.4 is 20.6 Å². The van der Waals surface area contributed by atoms with E-state index in [0.717, 1.165) is 0 Å². The van der Waals surface area contributed by atoms with Crippen LogP contribution in [0.15, 0.2) is 147 Å². The molecular formula is C41H35Br2Cl2N4O10PS2. The highest BCUT2D eigenvalue weighted by molar-refractivity contribution is 9.10. The number of benzene rings is 4. The fourth-order valence-corrected chi connectivity index (χ4v) is 9.76. The number of pyridine rings is 2. The fraction of sp³-hybridized carbons (Fsp3) is 0.122. The van der Waals surface area contributed by atoms with Crippen LogP contribution >= 0.6 is 65.0 Å². The van der Waals surface area contributed by atoms with E-state index in [9.17, 15) is 26.4 Å². The van der Waals surface area contributed by atoms with Gasteiger partial charge in [0.15, 0.2) is 19.7 Å². The SMILES string of the molecule is C.COc1cc(Br)c(Cl)cc1-n1c(=O)ccc2cc(S(=O)(=O)Cc3ccon3)ccc21.COc1cc(Br)c(Cl)cc1-n1c(=O)ccc2cc(S(=O)(=O)Cc3ccon3)ccc21.P. The highest BCUT2D eigenvalue weighted by atomic mass is 79.9. The number of ether oxygens (including phenoxy) is 2. The molecule has 0 radical (unpaired) electrons. The Labute approximate surface area is 385 Å². The minimum atomic E-state index is -3.65. The third-order valence-corrected chi connectivity index (χ3v) is 14.7. The Morgan fingerprint density at radius 3 is 1.32 bits per heavy atom. The molecule has 0 saturated carbocycles. The number of aromatic nitrogens is 4. The molecule has 0 saturated heterocycles. The van der Waals surface area contributed by atoms with Gasteiger partial charge in [0.2, 0.25) is 0 Å². The van der Waals surface area contributed by atoms with E-state index in [1.807, 2.05) is 0 Å². The maximum Gasteiger partial charge on any atom is 0.255 e. The van der Waals surface area contributed by atoms with E-state index >= 15 is 0 Å². The summed E-state index contributed by atoms with van der Waals surface area (Å²) in [4.78, 5) is 25.6. The van der Waals surface area contributed by atoms with Gasteiger partial charge in [-0.3, -0.25) is 18.7 Å². The molecule has 4 heterocycles. The zero-order valence-corrected chi connectivity index (χ0v) is 39.4. The molecule has 1 unspecified atom stereocenters. The molecule has 0 spiro atoms. The number of fused-ring (bicyclic) bond motifs is 2. The topological polar surface area (TPSA) is 183 Å². The van der Waals surface area contributed by atoms with E-state index in [2.05, 4.69) is 42.2 Å².